The van der Waals surface area contributed by atoms with Gasteiger partial charge >= 0.3 is 5.97 Å². The van der Waals surface area contributed by atoms with Crippen molar-refractivity contribution in [3.05, 3.63) is 23.8 Å². The number of aromatic nitrogens is 4. The van der Waals surface area contributed by atoms with E-state index in [4.69, 9.17) is 9.47 Å². The zero-order valence-corrected chi connectivity index (χ0v) is 10.2. The lowest BCUT2D eigenvalue weighted by atomic mass is 10.1. The highest BCUT2D eigenvalue weighted by Gasteiger charge is 2.15. The van der Waals surface area contributed by atoms with Gasteiger partial charge in [-0.1, -0.05) is 0 Å². The molecule has 2 rings (SSSR count). The van der Waals surface area contributed by atoms with Gasteiger partial charge in [0.1, 0.15) is 11.3 Å². The molecule has 18 heavy (non-hydrogen) atoms. The molecular formula is C11H12N4O3. The van der Waals surface area contributed by atoms with Crippen molar-refractivity contribution in [2.75, 3.05) is 14.2 Å². The lowest BCUT2D eigenvalue weighted by Gasteiger charge is -2.07. The molecule has 0 aliphatic carbocycles. The first kappa shape index (κ1) is 12.0. The zero-order valence-electron chi connectivity index (χ0n) is 10.2. The van der Waals surface area contributed by atoms with E-state index in [1.165, 1.54) is 19.0 Å². The Bertz CT molecular complexity index is 579. The third-order valence-corrected chi connectivity index (χ3v) is 2.37. The molecule has 0 unspecified atom stereocenters. The van der Waals surface area contributed by atoms with Crippen LogP contribution in [0.2, 0.25) is 0 Å². The minimum atomic E-state index is -0.474. The number of hydrogen-bond donors (Lipinski definition) is 0. The number of nitrogens with zero attached hydrogens (tertiary/aromatic N) is 4. The Morgan fingerprint density at radius 1 is 1.33 bits per heavy atom. The molecule has 0 saturated heterocycles. The van der Waals surface area contributed by atoms with Gasteiger partial charge in [0.05, 0.1) is 21.3 Å². The number of tetrazole rings is 1. The minimum Gasteiger partial charge on any atom is -0.496 e. The zero-order chi connectivity index (χ0) is 13.1. The van der Waals surface area contributed by atoms with Crippen LogP contribution in [0.25, 0.3) is 11.4 Å². The molecule has 0 fully saturated rings. The van der Waals surface area contributed by atoms with E-state index < -0.39 is 5.97 Å². The van der Waals surface area contributed by atoms with Crippen LogP contribution >= 0.6 is 0 Å². The Hall–Kier alpha value is -2.44. The number of carbonyl (C=O) groups excluding carboxylic acids is 1. The summed E-state index contributed by atoms with van der Waals surface area (Å²) in [7, 11) is 4.47. The van der Waals surface area contributed by atoms with Gasteiger partial charge in [-0.2, -0.15) is 4.80 Å². The fourth-order valence-electron chi connectivity index (χ4n) is 1.52. The number of carbonyl (C=O) groups is 1. The lowest BCUT2D eigenvalue weighted by molar-refractivity contribution is 0.0597. The van der Waals surface area contributed by atoms with E-state index in [-0.39, 0.29) is 0 Å². The molecule has 1 heterocycles. The number of benzene rings is 1. The summed E-state index contributed by atoms with van der Waals surface area (Å²) in [6.07, 6.45) is 0. The second-order valence-electron chi connectivity index (χ2n) is 3.51. The molecule has 7 nitrogen and oxygen atoms in total. The molecule has 0 atom stereocenters. The van der Waals surface area contributed by atoms with Crippen LogP contribution in [-0.4, -0.2) is 40.4 Å². The Morgan fingerprint density at radius 3 is 2.67 bits per heavy atom. The molecule has 0 radical (unpaired) electrons. The number of rotatable bonds is 3. The molecule has 0 aliphatic rings. The molecule has 94 valence electrons. The highest BCUT2D eigenvalue weighted by atomic mass is 16.5. The highest BCUT2D eigenvalue weighted by Crippen LogP contribution is 2.24. The van der Waals surface area contributed by atoms with E-state index in [9.17, 15) is 4.79 Å². The number of methoxy groups -OCH3 is 2. The van der Waals surface area contributed by atoms with Gasteiger partial charge in [-0.25, -0.2) is 4.79 Å². The fourth-order valence-corrected chi connectivity index (χ4v) is 1.52. The van der Waals surface area contributed by atoms with Gasteiger partial charge in [-0.3, -0.25) is 0 Å². The number of aryl methyl sites for hydroxylation is 1. The average molecular weight is 248 g/mol. The first-order chi connectivity index (χ1) is 8.65. The molecule has 0 saturated carbocycles. The van der Waals surface area contributed by atoms with Gasteiger partial charge < -0.3 is 9.47 Å². The number of hydrogen-bond acceptors (Lipinski definition) is 6. The average Bonchev–Trinajstić information content (AvgIpc) is 2.83. The van der Waals surface area contributed by atoms with E-state index in [0.29, 0.717) is 22.7 Å². The van der Waals surface area contributed by atoms with Crippen molar-refractivity contribution in [1.29, 1.82) is 0 Å². The number of ether oxygens (including phenoxy) is 2. The lowest BCUT2D eigenvalue weighted by Crippen LogP contribution is -2.04. The van der Waals surface area contributed by atoms with Gasteiger partial charge in [0.25, 0.3) is 0 Å². The molecular weight excluding hydrogens is 236 g/mol. The van der Waals surface area contributed by atoms with Gasteiger partial charge in [-0.05, 0) is 23.4 Å². The maximum atomic E-state index is 11.6. The van der Waals surface area contributed by atoms with Crippen LogP contribution < -0.4 is 4.74 Å². The van der Waals surface area contributed by atoms with E-state index in [1.807, 2.05) is 0 Å². The largest absolute Gasteiger partial charge is 0.496 e. The quantitative estimate of drug-likeness (QED) is 0.743. The van der Waals surface area contributed by atoms with E-state index in [2.05, 4.69) is 15.4 Å². The molecule has 1 aromatic carbocycles. The summed E-state index contributed by atoms with van der Waals surface area (Å²) in [6.45, 7) is 0. The maximum Gasteiger partial charge on any atom is 0.341 e. The van der Waals surface area contributed by atoms with E-state index in [0.717, 1.165) is 0 Å². The van der Waals surface area contributed by atoms with Crippen LogP contribution in [0.3, 0.4) is 0 Å². The van der Waals surface area contributed by atoms with Crippen molar-refractivity contribution < 1.29 is 14.3 Å². The van der Waals surface area contributed by atoms with Crippen LogP contribution in [0.5, 0.6) is 5.75 Å². The van der Waals surface area contributed by atoms with Gasteiger partial charge in [-0.15, -0.1) is 10.2 Å². The van der Waals surface area contributed by atoms with Crippen LogP contribution in [0.15, 0.2) is 18.2 Å². The topological polar surface area (TPSA) is 79.1 Å². The third kappa shape index (κ3) is 2.15. The summed E-state index contributed by atoms with van der Waals surface area (Å²) in [5, 5.41) is 11.7. The van der Waals surface area contributed by atoms with Crippen LogP contribution in [0, 0.1) is 0 Å². The summed E-state index contributed by atoms with van der Waals surface area (Å²) in [5.74, 6) is 0.400. The second-order valence-corrected chi connectivity index (χ2v) is 3.51. The summed E-state index contributed by atoms with van der Waals surface area (Å²) in [6, 6.07) is 5.03. The third-order valence-electron chi connectivity index (χ3n) is 2.37. The minimum absolute atomic E-state index is 0.324. The maximum absolute atomic E-state index is 11.6. The van der Waals surface area contributed by atoms with E-state index in [1.54, 1.807) is 25.2 Å². The molecule has 0 N–H and O–H groups in total. The van der Waals surface area contributed by atoms with Crippen molar-refractivity contribution >= 4 is 5.97 Å². The summed E-state index contributed by atoms with van der Waals surface area (Å²) in [4.78, 5) is 13.0. The fraction of sp³-hybridized carbons (Fsp3) is 0.273. The Morgan fingerprint density at radius 2 is 2.11 bits per heavy atom. The second kappa shape index (κ2) is 4.82. The van der Waals surface area contributed by atoms with Gasteiger partial charge in [0.2, 0.25) is 5.82 Å². The number of esters is 1. The van der Waals surface area contributed by atoms with E-state index >= 15 is 0 Å². The molecule has 0 bridgehead atoms. The van der Waals surface area contributed by atoms with Crippen molar-refractivity contribution in [2.24, 2.45) is 7.05 Å². The molecule has 7 heteroatoms. The SMILES string of the molecule is COC(=O)c1cc(-c2nnn(C)n2)ccc1OC. The van der Waals surface area contributed by atoms with Gasteiger partial charge in [0.15, 0.2) is 0 Å². The van der Waals surface area contributed by atoms with Crippen molar-refractivity contribution in [1.82, 2.24) is 20.2 Å². The Balaban J connectivity index is 2.48. The molecule has 0 amide bonds. The first-order valence-corrected chi connectivity index (χ1v) is 5.16. The van der Waals surface area contributed by atoms with Crippen molar-refractivity contribution in [3.8, 4) is 17.1 Å². The van der Waals surface area contributed by atoms with Crippen molar-refractivity contribution in [2.45, 2.75) is 0 Å². The summed E-state index contributed by atoms with van der Waals surface area (Å²) in [5.41, 5.74) is 0.995. The first-order valence-electron chi connectivity index (χ1n) is 5.16. The predicted octanol–water partition coefficient (Wildman–Crippen LogP) is 0.672. The smallest absolute Gasteiger partial charge is 0.341 e. The Labute approximate surface area is 103 Å². The summed E-state index contributed by atoms with van der Waals surface area (Å²) >= 11 is 0. The van der Waals surface area contributed by atoms with Crippen LogP contribution in [0.1, 0.15) is 10.4 Å². The monoisotopic (exact) mass is 248 g/mol. The molecule has 1 aromatic heterocycles. The Kier molecular flexibility index (Phi) is 3.22. The van der Waals surface area contributed by atoms with Crippen molar-refractivity contribution in [3.63, 3.8) is 0 Å². The predicted molar refractivity (Wildman–Crippen MR) is 62.1 cm³/mol. The van der Waals surface area contributed by atoms with Gasteiger partial charge in [0, 0.05) is 5.56 Å². The summed E-state index contributed by atoms with van der Waals surface area (Å²) < 4.78 is 9.80. The normalized spacial score (nSPS) is 10.2. The molecule has 0 aliphatic heterocycles. The molecule has 2 aromatic rings. The van der Waals surface area contributed by atoms with Crippen LogP contribution in [0.4, 0.5) is 0 Å². The van der Waals surface area contributed by atoms with Crippen LogP contribution in [-0.2, 0) is 11.8 Å². The standard InChI is InChI=1S/C11H12N4O3/c1-15-13-10(12-14-15)7-4-5-9(17-2)8(6-7)11(16)18-3/h4-6H,1-3H3. The molecule has 0 spiro atoms. The highest BCUT2D eigenvalue weighted by molar-refractivity contribution is 5.93.